The van der Waals surface area contributed by atoms with Crippen LogP contribution in [0.1, 0.15) is 6.42 Å². The van der Waals surface area contributed by atoms with Gasteiger partial charge in [0.2, 0.25) is 0 Å². The molecule has 0 aliphatic heterocycles. The Labute approximate surface area is 90.6 Å². The molecule has 0 spiro atoms. The summed E-state index contributed by atoms with van der Waals surface area (Å²) >= 11 is 1.51. The second-order valence-electron chi connectivity index (χ2n) is 2.94. The molecule has 2 atom stereocenters. The van der Waals surface area contributed by atoms with Gasteiger partial charge in [-0.05, 0) is 24.9 Å². The van der Waals surface area contributed by atoms with Crippen molar-refractivity contribution in [3.8, 4) is 0 Å². The average Bonchev–Trinajstić information content (AvgIpc) is 2.69. The first-order valence-electron chi connectivity index (χ1n) is 4.48. The lowest BCUT2D eigenvalue weighted by Gasteiger charge is -2.13. The number of aliphatic hydroxyl groups excluding tert-OH is 1. The Bertz CT molecular complexity index is 274. The van der Waals surface area contributed by atoms with Gasteiger partial charge in [0.1, 0.15) is 0 Å². The van der Waals surface area contributed by atoms with Gasteiger partial charge in [-0.3, -0.25) is 4.21 Å². The fraction of sp³-hybridized carbons (Fsp3) is 0.556. The van der Waals surface area contributed by atoms with Gasteiger partial charge >= 0.3 is 0 Å². The molecule has 80 valence electrons. The first-order valence-corrected chi connectivity index (χ1v) is 6.67. The third-order valence-corrected chi connectivity index (χ3v) is 4.76. The van der Waals surface area contributed by atoms with Crippen LogP contribution in [0, 0.1) is 0 Å². The minimum Gasteiger partial charge on any atom is -0.396 e. The Kier molecular flexibility index (Phi) is 5.32. The van der Waals surface area contributed by atoms with Gasteiger partial charge in [-0.2, -0.15) is 0 Å². The minimum atomic E-state index is -0.939. The molecular weight excluding hydrogens is 218 g/mol. The molecule has 0 aliphatic carbocycles. The van der Waals surface area contributed by atoms with Crippen molar-refractivity contribution >= 4 is 22.1 Å². The highest BCUT2D eigenvalue weighted by Crippen LogP contribution is 2.14. The van der Waals surface area contributed by atoms with Crippen molar-refractivity contribution < 1.29 is 9.32 Å². The first-order chi connectivity index (χ1) is 6.77. The Morgan fingerprint density at radius 1 is 1.71 bits per heavy atom. The lowest BCUT2D eigenvalue weighted by Crippen LogP contribution is -2.31. The normalized spacial score (nSPS) is 15.3. The standard InChI is InChI=1S/C9H15NO2S2/c1-10-8(4-5-11)7-14(12)9-3-2-6-13-9/h2-3,6,8,10-11H,4-5,7H2,1H3. The van der Waals surface area contributed by atoms with Gasteiger partial charge in [0.05, 0.1) is 15.0 Å². The second kappa shape index (κ2) is 6.29. The number of thiophene rings is 1. The topological polar surface area (TPSA) is 49.3 Å². The fourth-order valence-electron chi connectivity index (χ4n) is 1.12. The van der Waals surface area contributed by atoms with Crippen LogP contribution in [0.15, 0.2) is 21.7 Å². The fourth-order valence-corrected chi connectivity index (χ4v) is 3.47. The number of hydrogen-bond donors (Lipinski definition) is 2. The smallest absolute Gasteiger partial charge is 0.0911 e. The summed E-state index contributed by atoms with van der Waals surface area (Å²) in [5.41, 5.74) is 0. The molecular formula is C9H15NO2S2. The lowest BCUT2D eigenvalue weighted by molar-refractivity contribution is 0.273. The number of nitrogens with one attached hydrogen (secondary N) is 1. The van der Waals surface area contributed by atoms with Gasteiger partial charge in [-0.25, -0.2) is 0 Å². The molecule has 2 unspecified atom stereocenters. The van der Waals surface area contributed by atoms with E-state index in [1.54, 1.807) is 0 Å². The van der Waals surface area contributed by atoms with Crippen LogP contribution in [0.3, 0.4) is 0 Å². The van der Waals surface area contributed by atoms with Crippen molar-refractivity contribution in [1.82, 2.24) is 5.32 Å². The van der Waals surface area contributed by atoms with Crippen molar-refractivity contribution in [3.63, 3.8) is 0 Å². The van der Waals surface area contributed by atoms with Crippen molar-refractivity contribution in [2.45, 2.75) is 16.7 Å². The van der Waals surface area contributed by atoms with Crippen LogP contribution in [0.2, 0.25) is 0 Å². The summed E-state index contributed by atoms with van der Waals surface area (Å²) < 4.78 is 12.7. The summed E-state index contributed by atoms with van der Waals surface area (Å²) in [5, 5.41) is 13.7. The monoisotopic (exact) mass is 233 g/mol. The summed E-state index contributed by atoms with van der Waals surface area (Å²) in [7, 11) is 0.887. The zero-order valence-corrected chi connectivity index (χ0v) is 9.74. The third-order valence-electron chi connectivity index (χ3n) is 1.96. The maximum absolute atomic E-state index is 11.7. The van der Waals surface area contributed by atoms with E-state index in [9.17, 15) is 4.21 Å². The number of rotatable bonds is 6. The summed E-state index contributed by atoms with van der Waals surface area (Å²) in [6.07, 6.45) is 0.646. The lowest BCUT2D eigenvalue weighted by atomic mass is 10.2. The molecule has 5 heteroatoms. The largest absolute Gasteiger partial charge is 0.396 e. The number of aliphatic hydroxyl groups is 1. The molecule has 3 nitrogen and oxygen atoms in total. The summed E-state index contributed by atoms with van der Waals surface area (Å²) in [6.45, 7) is 0.132. The molecule has 1 heterocycles. The number of hydrogen-bond acceptors (Lipinski definition) is 4. The van der Waals surface area contributed by atoms with E-state index in [0.29, 0.717) is 12.2 Å². The van der Waals surface area contributed by atoms with Gasteiger partial charge in [-0.15, -0.1) is 11.3 Å². The Hall–Kier alpha value is -0.230. The third kappa shape index (κ3) is 3.49. The van der Waals surface area contributed by atoms with Gasteiger partial charge in [0.15, 0.2) is 0 Å². The molecule has 1 aromatic rings. The molecule has 0 aromatic carbocycles. The summed E-state index contributed by atoms with van der Waals surface area (Å²) in [4.78, 5) is 0. The molecule has 0 saturated heterocycles. The van der Waals surface area contributed by atoms with E-state index in [2.05, 4.69) is 5.32 Å². The zero-order valence-electron chi connectivity index (χ0n) is 8.10. The van der Waals surface area contributed by atoms with Crippen LogP contribution in [-0.2, 0) is 10.8 Å². The molecule has 1 rings (SSSR count). The van der Waals surface area contributed by atoms with Crippen molar-refractivity contribution in [2.24, 2.45) is 0 Å². The first kappa shape index (κ1) is 11.8. The zero-order chi connectivity index (χ0) is 10.4. The van der Waals surface area contributed by atoms with E-state index in [1.807, 2.05) is 24.6 Å². The van der Waals surface area contributed by atoms with E-state index in [-0.39, 0.29) is 12.6 Å². The molecule has 0 aliphatic rings. The van der Waals surface area contributed by atoms with E-state index >= 15 is 0 Å². The van der Waals surface area contributed by atoms with Crippen LogP contribution in [0.25, 0.3) is 0 Å². The van der Waals surface area contributed by atoms with E-state index in [1.165, 1.54) is 11.3 Å². The molecule has 0 amide bonds. The molecule has 1 aromatic heterocycles. The van der Waals surface area contributed by atoms with E-state index in [4.69, 9.17) is 5.11 Å². The second-order valence-corrected chi connectivity index (χ2v) is 5.61. The summed E-state index contributed by atoms with van der Waals surface area (Å²) in [5.74, 6) is 0.567. The molecule has 0 saturated carbocycles. The van der Waals surface area contributed by atoms with E-state index in [0.717, 1.165) is 4.21 Å². The van der Waals surface area contributed by atoms with Crippen molar-refractivity contribution in [1.29, 1.82) is 0 Å². The minimum absolute atomic E-state index is 0.128. The highest BCUT2D eigenvalue weighted by atomic mass is 32.2. The van der Waals surface area contributed by atoms with Crippen molar-refractivity contribution in [2.75, 3.05) is 19.4 Å². The van der Waals surface area contributed by atoms with Crippen LogP contribution in [0.4, 0.5) is 0 Å². The van der Waals surface area contributed by atoms with Crippen LogP contribution < -0.4 is 5.32 Å². The molecule has 0 fully saturated rings. The SMILES string of the molecule is CNC(CCO)CS(=O)c1cccs1. The molecule has 14 heavy (non-hydrogen) atoms. The molecule has 0 bridgehead atoms. The maximum atomic E-state index is 11.7. The average molecular weight is 233 g/mol. The Balaban J connectivity index is 2.47. The molecule has 2 N–H and O–H groups in total. The van der Waals surface area contributed by atoms with Gasteiger partial charge < -0.3 is 10.4 Å². The Morgan fingerprint density at radius 3 is 3.00 bits per heavy atom. The predicted octanol–water partition coefficient (Wildman–Crippen LogP) is 0.826. The quantitative estimate of drug-likeness (QED) is 0.765. The predicted molar refractivity (Wildman–Crippen MR) is 60.1 cm³/mol. The van der Waals surface area contributed by atoms with Crippen LogP contribution in [-0.4, -0.2) is 34.8 Å². The van der Waals surface area contributed by atoms with Gasteiger partial charge in [0, 0.05) is 18.4 Å². The van der Waals surface area contributed by atoms with E-state index < -0.39 is 10.8 Å². The van der Waals surface area contributed by atoms with Crippen molar-refractivity contribution in [3.05, 3.63) is 17.5 Å². The van der Waals surface area contributed by atoms with Crippen LogP contribution >= 0.6 is 11.3 Å². The Morgan fingerprint density at radius 2 is 2.50 bits per heavy atom. The summed E-state index contributed by atoms with van der Waals surface area (Å²) in [6, 6.07) is 3.91. The maximum Gasteiger partial charge on any atom is 0.0911 e. The van der Waals surface area contributed by atoms with Gasteiger partial charge in [-0.1, -0.05) is 6.07 Å². The highest BCUT2D eigenvalue weighted by Gasteiger charge is 2.12. The van der Waals surface area contributed by atoms with Gasteiger partial charge in [0.25, 0.3) is 0 Å². The molecule has 0 radical (unpaired) electrons. The highest BCUT2D eigenvalue weighted by molar-refractivity contribution is 7.87. The van der Waals surface area contributed by atoms with Crippen LogP contribution in [0.5, 0.6) is 0 Å².